The van der Waals surface area contributed by atoms with Gasteiger partial charge < -0.3 is 28.6 Å². The van der Waals surface area contributed by atoms with Crippen LogP contribution in [0.25, 0.3) is 16.9 Å². The number of fused-ring (bicyclic) bond motifs is 1. The fraction of sp³-hybridized carbons (Fsp3) is 0.233. The lowest BCUT2D eigenvalue weighted by molar-refractivity contribution is -0.117. The Morgan fingerprint density at radius 3 is 2.48 bits per heavy atom. The molecule has 5 rings (SSSR count). The topological polar surface area (TPSA) is 113 Å². The minimum atomic E-state index is -0.449. The van der Waals surface area contributed by atoms with Crippen molar-refractivity contribution in [3.63, 3.8) is 0 Å². The number of aromatic nitrogens is 2. The van der Waals surface area contributed by atoms with Crippen LogP contribution in [0.5, 0.6) is 23.0 Å². The number of imidazole rings is 1. The highest BCUT2D eigenvalue weighted by Gasteiger charge is 2.23. The minimum Gasteiger partial charge on any atom is -0.493 e. The Morgan fingerprint density at radius 2 is 1.74 bits per heavy atom. The first kappa shape index (κ1) is 28.8. The van der Waals surface area contributed by atoms with E-state index in [0.717, 1.165) is 5.56 Å². The molecule has 11 nitrogen and oxygen atoms in total. The number of amides is 2. The van der Waals surface area contributed by atoms with Gasteiger partial charge in [-0.2, -0.15) is 0 Å². The molecule has 3 aromatic carbocycles. The van der Waals surface area contributed by atoms with Crippen LogP contribution in [0.3, 0.4) is 0 Å². The molecule has 0 unspecified atom stereocenters. The molecule has 218 valence electrons. The Hall–Kier alpha value is -4.74. The molecule has 0 radical (unpaired) electrons. The number of benzene rings is 3. The van der Waals surface area contributed by atoms with Gasteiger partial charge in [0.15, 0.2) is 23.0 Å². The zero-order chi connectivity index (χ0) is 29.6. The van der Waals surface area contributed by atoms with E-state index in [0.29, 0.717) is 45.0 Å². The van der Waals surface area contributed by atoms with Gasteiger partial charge in [-0.05, 0) is 42.5 Å². The third-order valence-electron chi connectivity index (χ3n) is 6.55. The lowest BCUT2D eigenvalue weighted by atomic mass is 10.1. The first-order chi connectivity index (χ1) is 20.4. The van der Waals surface area contributed by atoms with Crippen LogP contribution in [0, 0.1) is 0 Å². The van der Waals surface area contributed by atoms with E-state index >= 15 is 0 Å². The highest BCUT2D eigenvalue weighted by molar-refractivity contribution is 6.30. The molecule has 2 amide bonds. The van der Waals surface area contributed by atoms with Gasteiger partial charge in [0.1, 0.15) is 6.54 Å². The lowest BCUT2D eigenvalue weighted by Crippen LogP contribution is -2.40. The van der Waals surface area contributed by atoms with E-state index in [-0.39, 0.29) is 38.3 Å². The van der Waals surface area contributed by atoms with Crippen molar-refractivity contribution in [2.45, 2.75) is 0 Å². The monoisotopic (exact) mass is 592 g/mol. The molecule has 0 saturated carbocycles. The van der Waals surface area contributed by atoms with E-state index < -0.39 is 5.91 Å². The predicted molar refractivity (Wildman–Crippen MR) is 156 cm³/mol. The number of carbonyl (C=O) groups excluding carboxylic acids is 2. The molecule has 2 heterocycles. The molecule has 4 aromatic rings. The van der Waals surface area contributed by atoms with Crippen LogP contribution >= 0.6 is 11.6 Å². The van der Waals surface area contributed by atoms with Crippen molar-refractivity contribution in [1.29, 1.82) is 0 Å². The van der Waals surface area contributed by atoms with Crippen LogP contribution < -0.4 is 24.3 Å². The number of carbonyl (C=O) groups is 2. The first-order valence-corrected chi connectivity index (χ1v) is 13.3. The number of nitrogens with zero attached hydrogens (tertiary/aromatic N) is 3. The Labute approximate surface area is 247 Å². The van der Waals surface area contributed by atoms with Crippen LogP contribution in [0.1, 0.15) is 10.4 Å². The first-order valence-electron chi connectivity index (χ1n) is 13.0. The van der Waals surface area contributed by atoms with Crippen molar-refractivity contribution >= 4 is 29.4 Å². The summed E-state index contributed by atoms with van der Waals surface area (Å²) in [4.78, 5) is 32.9. The number of halogens is 1. The maximum Gasteiger partial charge on any atom is 0.254 e. The molecule has 1 aliphatic heterocycles. The molecule has 1 aliphatic rings. The second-order valence-corrected chi connectivity index (χ2v) is 9.64. The number of rotatable bonds is 11. The fourth-order valence-corrected chi connectivity index (χ4v) is 4.53. The van der Waals surface area contributed by atoms with E-state index in [1.807, 2.05) is 18.2 Å². The molecule has 0 bridgehead atoms. The molecule has 0 fully saturated rings. The average molecular weight is 593 g/mol. The second-order valence-electron chi connectivity index (χ2n) is 9.20. The zero-order valence-electron chi connectivity index (χ0n) is 23.3. The van der Waals surface area contributed by atoms with Gasteiger partial charge in [-0.15, -0.1) is 0 Å². The van der Waals surface area contributed by atoms with E-state index in [4.69, 9.17) is 40.3 Å². The summed E-state index contributed by atoms with van der Waals surface area (Å²) < 4.78 is 28.5. The highest BCUT2D eigenvalue weighted by Crippen LogP contribution is 2.34. The number of hydrogen-bond donors (Lipinski definition) is 1. The van der Waals surface area contributed by atoms with Gasteiger partial charge in [0.2, 0.25) is 18.6 Å². The lowest BCUT2D eigenvalue weighted by Gasteiger charge is -2.22. The molecule has 1 N–H and O–H groups in total. The number of nitrogens with one attached hydrogen (secondary N) is 1. The maximum absolute atomic E-state index is 13.4. The van der Waals surface area contributed by atoms with Crippen LogP contribution in [0.2, 0.25) is 5.02 Å². The van der Waals surface area contributed by atoms with Crippen LogP contribution in [0.15, 0.2) is 66.9 Å². The van der Waals surface area contributed by atoms with Gasteiger partial charge in [-0.3, -0.25) is 19.5 Å². The van der Waals surface area contributed by atoms with Crippen molar-refractivity contribution in [3.05, 3.63) is 77.4 Å². The smallest absolute Gasteiger partial charge is 0.254 e. The van der Waals surface area contributed by atoms with Crippen molar-refractivity contribution < 1.29 is 33.3 Å². The summed E-state index contributed by atoms with van der Waals surface area (Å²) in [6.45, 7) is 0.279. The summed E-state index contributed by atoms with van der Waals surface area (Å²) in [5, 5.41) is 3.46. The predicted octanol–water partition coefficient (Wildman–Crippen LogP) is 4.67. The molecule has 0 saturated heterocycles. The largest absolute Gasteiger partial charge is 0.493 e. The molecule has 0 spiro atoms. The van der Waals surface area contributed by atoms with Crippen molar-refractivity contribution in [2.24, 2.45) is 0 Å². The van der Waals surface area contributed by atoms with Crippen LogP contribution in [0.4, 0.5) is 5.95 Å². The van der Waals surface area contributed by atoms with E-state index in [9.17, 15) is 9.59 Å². The quantitative estimate of drug-likeness (QED) is 0.267. The zero-order valence-corrected chi connectivity index (χ0v) is 24.0. The Bertz CT molecular complexity index is 1590. The standard InChI is InChI=1S/C30H29ClN4O7/c1-38-13-12-34(29(37)20-6-10-25-27(14-20)42-18-41-25)17-28(36)33-30-32-23(19-4-7-21(31)8-5-19)16-35(30)22-9-11-24(39-2)26(15-22)40-3/h4-11,14-16H,12-13,17-18H2,1-3H3,(H,32,33,36). The number of hydrogen-bond acceptors (Lipinski definition) is 8. The van der Waals surface area contributed by atoms with E-state index in [2.05, 4.69) is 5.32 Å². The van der Waals surface area contributed by atoms with Crippen molar-refractivity contribution in [1.82, 2.24) is 14.5 Å². The fourth-order valence-electron chi connectivity index (χ4n) is 4.40. The molecular weight excluding hydrogens is 564 g/mol. The summed E-state index contributed by atoms with van der Waals surface area (Å²) in [6.07, 6.45) is 1.79. The maximum atomic E-state index is 13.4. The van der Waals surface area contributed by atoms with Gasteiger partial charge in [-0.1, -0.05) is 23.7 Å². The Kier molecular flexibility index (Phi) is 8.80. The van der Waals surface area contributed by atoms with E-state index in [1.165, 1.54) is 12.0 Å². The number of anilines is 1. The van der Waals surface area contributed by atoms with E-state index in [1.54, 1.807) is 67.4 Å². The Morgan fingerprint density at radius 1 is 0.976 bits per heavy atom. The molecule has 0 atom stereocenters. The van der Waals surface area contributed by atoms with Gasteiger partial charge in [0.25, 0.3) is 5.91 Å². The summed E-state index contributed by atoms with van der Waals surface area (Å²) in [5.74, 6) is 1.55. The Balaban J connectivity index is 1.43. The molecular formula is C30H29ClN4O7. The summed E-state index contributed by atoms with van der Waals surface area (Å²) >= 11 is 6.08. The van der Waals surface area contributed by atoms with Gasteiger partial charge in [-0.25, -0.2) is 4.98 Å². The highest BCUT2D eigenvalue weighted by atomic mass is 35.5. The third kappa shape index (κ3) is 6.27. The molecule has 12 heteroatoms. The normalized spacial score (nSPS) is 11.7. The summed E-state index contributed by atoms with van der Waals surface area (Å²) in [5.41, 5.74) is 2.43. The summed E-state index contributed by atoms with van der Waals surface area (Å²) in [6, 6.07) is 17.5. The molecule has 42 heavy (non-hydrogen) atoms. The third-order valence-corrected chi connectivity index (χ3v) is 6.80. The van der Waals surface area contributed by atoms with Gasteiger partial charge >= 0.3 is 0 Å². The van der Waals surface area contributed by atoms with Gasteiger partial charge in [0, 0.05) is 42.1 Å². The van der Waals surface area contributed by atoms with Crippen molar-refractivity contribution in [3.8, 4) is 39.9 Å². The average Bonchev–Trinajstić information content (AvgIpc) is 3.65. The van der Waals surface area contributed by atoms with Gasteiger partial charge in [0.05, 0.1) is 32.2 Å². The second kappa shape index (κ2) is 12.8. The number of methoxy groups -OCH3 is 3. The van der Waals surface area contributed by atoms with Crippen LogP contribution in [-0.2, 0) is 9.53 Å². The SMILES string of the molecule is COCCN(CC(=O)Nc1nc(-c2ccc(Cl)cc2)cn1-c1ccc(OC)c(OC)c1)C(=O)c1ccc2c(c1)OCO2. The number of ether oxygens (including phenoxy) is 5. The summed E-state index contributed by atoms with van der Waals surface area (Å²) in [7, 11) is 4.63. The van der Waals surface area contributed by atoms with Crippen molar-refractivity contribution in [2.75, 3.05) is 53.1 Å². The molecule has 0 aliphatic carbocycles. The van der Waals surface area contributed by atoms with Crippen LogP contribution in [-0.4, -0.2) is 74.1 Å². The minimum absolute atomic E-state index is 0.0908. The molecule has 1 aromatic heterocycles.